The van der Waals surface area contributed by atoms with Crippen LogP contribution < -0.4 is 5.32 Å². The number of ketones is 1. The maximum absolute atomic E-state index is 13.1. The Hall–Kier alpha value is -2.37. The molecule has 0 heterocycles. The fourth-order valence-corrected chi connectivity index (χ4v) is 6.40. The average Bonchev–Trinajstić information content (AvgIpc) is 3.12. The van der Waals surface area contributed by atoms with E-state index < -0.39 is 5.54 Å². The smallest absolute Gasteiger partial charge is 0.331 e. The van der Waals surface area contributed by atoms with E-state index in [9.17, 15) is 14.7 Å². The van der Waals surface area contributed by atoms with Crippen LogP contribution in [0.15, 0.2) is 42.5 Å². The zero-order valence-corrected chi connectivity index (χ0v) is 21.0. The van der Waals surface area contributed by atoms with Crippen LogP contribution in [-0.4, -0.2) is 36.1 Å². The molecule has 5 nitrogen and oxygen atoms in total. The maximum Gasteiger partial charge on any atom is 0.331 e. The number of Topliss-reactive ketones (excluding diaryl/α,β-unsaturated/α-hetero) is 1. The van der Waals surface area contributed by atoms with Gasteiger partial charge in [0, 0.05) is 22.9 Å². The number of methoxy groups -OCH3 is 1. The number of rotatable bonds is 7. The maximum atomic E-state index is 13.1. The molecule has 0 amide bonds. The predicted molar refractivity (Wildman–Crippen MR) is 134 cm³/mol. The van der Waals surface area contributed by atoms with Gasteiger partial charge in [-0.25, -0.2) is 4.79 Å². The highest BCUT2D eigenvalue weighted by Gasteiger charge is 2.54. The number of benzene rings is 2. The van der Waals surface area contributed by atoms with E-state index in [4.69, 9.17) is 16.3 Å². The number of esters is 1. The summed E-state index contributed by atoms with van der Waals surface area (Å²) in [7, 11) is 1.43. The Labute approximate surface area is 206 Å². The van der Waals surface area contributed by atoms with Crippen LogP contribution in [-0.2, 0) is 21.4 Å². The molecule has 182 valence electrons. The van der Waals surface area contributed by atoms with Crippen LogP contribution in [0.3, 0.4) is 0 Å². The number of nitrogens with one attached hydrogen (secondary N) is 1. The highest BCUT2D eigenvalue weighted by Crippen LogP contribution is 2.56. The third-order valence-corrected chi connectivity index (χ3v) is 8.31. The van der Waals surface area contributed by atoms with Crippen molar-refractivity contribution in [3.8, 4) is 0 Å². The van der Waals surface area contributed by atoms with Crippen LogP contribution in [0.2, 0.25) is 5.02 Å². The lowest BCUT2D eigenvalue weighted by Gasteiger charge is -2.47. The molecule has 1 saturated carbocycles. The van der Waals surface area contributed by atoms with Gasteiger partial charge in [0.25, 0.3) is 0 Å². The molecule has 34 heavy (non-hydrogen) atoms. The molecule has 2 aromatic rings. The Kier molecular flexibility index (Phi) is 7.07. The van der Waals surface area contributed by atoms with Crippen LogP contribution in [0.1, 0.15) is 67.4 Å². The van der Waals surface area contributed by atoms with Crippen molar-refractivity contribution in [1.29, 1.82) is 0 Å². The van der Waals surface area contributed by atoms with Crippen LogP contribution in [0.5, 0.6) is 0 Å². The predicted octanol–water partition coefficient (Wildman–Crippen LogP) is 5.57. The largest absolute Gasteiger partial charge is 0.467 e. The number of aliphatic hydroxyl groups excluding tert-OH is 1. The number of ether oxygens (including phenoxy) is 1. The van der Waals surface area contributed by atoms with Gasteiger partial charge in [-0.1, -0.05) is 36.7 Å². The van der Waals surface area contributed by atoms with Crippen molar-refractivity contribution < 1.29 is 19.4 Å². The van der Waals surface area contributed by atoms with E-state index in [2.05, 4.69) is 24.4 Å². The quantitative estimate of drug-likeness (QED) is 0.397. The Morgan fingerprint density at radius 3 is 2.53 bits per heavy atom. The lowest BCUT2D eigenvalue weighted by atomic mass is 9.59. The number of halogens is 1. The highest BCUT2D eigenvalue weighted by atomic mass is 35.5. The van der Waals surface area contributed by atoms with Gasteiger partial charge in [-0.15, -0.1) is 0 Å². The van der Waals surface area contributed by atoms with Gasteiger partial charge in [-0.05, 0) is 98.1 Å². The molecule has 0 radical (unpaired) electrons. The van der Waals surface area contributed by atoms with Gasteiger partial charge in [-0.3, -0.25) is 4.79 Å². The second-order valence-electron chi connectivity index (χ2n) is 10.2. The summed E-state index contributed by atoms with van der Waals surface area (Å²) in [6, 6.07) is 13.5. The minimum Gasteiger partial charge on any atom is -0.467 e. The lowest BCUT2D eigenvalue weighted by molar-refractivity contribution is -0.148. The van der Waals surface area contributed by atoms with Crippen LogP contribution in [0, 0.1) is 11.8 Å². The first-order valence-corrected chi connectivity index (χ1v) is 12.5. The number of hydrogen-bond acceptors (Lipinski definition) is 5. The number of fused-ring (bicyclic) bond motifs is 2. The van der Waals surface area contributed by atoms with Gasteiger partial charge >= 0.3 is 5.97 Å². The number of hydrogen-bond donors (Lipinski definition) is 2. The molecule has 1 spiro atoms. The van der Waals surface area contributed by atoms with Crippen molar-refractivity contribution >= 4 is 29.0 Å². The first kappa shape index (κ1) is 24.7. The minimum absolute atomic E-state index is 0.0625. The summed E-state index contributed by atoms with van der Waals surface area (Å²) in [5.74, 6) is 0.347. The van der Waals surface area contributed by atoms with Gasteiger partial charge < -0.3 is 15.2 Å². The Balaban J connectivity index is 1.70. The number of carbonyl (C=O) groups excluding carboxylic acids is 2. The number of aliphatic hydroxyl groups is 1. The molecule has 2 aromatic carbocycles. The van der Waals surface area contributed by atoms with Crippen molar-refractivity contribution in [3.63, 3.8) is 0 Å². The van der Waals surface area contributed by atoms with Crippen LogP contribution >= 0.6 is 11.6 Å². The van der Waals surface area contributed by atoms with E-state index in [1.165, 1.54) is 18.2 Å². The second kappa shape index (κ2) is 9.71. The molecule has 0 aromatic heterocycles. The van der Waals surface area contributed by atoms with Crippen molar-refractivity contribution in [2.75, 3.05) is 19.0 Å². The standard InChI is InChI=1S/C28H34ClNO4/c1-18(17-31)13-22-14-21-8-7-20(19(2)32)15-25(21)27(22)9-11-28(12-10-27,26(33)34-3)30-24-6-4-5-23(29)16-24/h4-8,15-16,18,22,30-31H,9-14,17H2,1-3H3/t18-,22+,27?,28?/m1/s1. The lowest BCUT2D eigenvalue weighted by Crippen LogP contribution is -2.53. The molecular formula is C28H34ClNO4. The molecule has 2 aliphatic rings. The molecule has 0 unspecified atom stereocenters. The van der Waals surface area contributed by atoms with Gasteiger partial charge in [0.05, 0.1) is 7.11 Å². The number of carbonyl (C=O) groups is 2. The van der Waals surface area contributed by atoms with Crippen molar-refractivity contribution in [2.24, 2.45) is 11.8 Å². The Bertz CT molecular complexity index is 1070. The molecule has 2 atom stereocenters. The summed E-state index contributed by atoms with van der Waals surface area (Å²) in [5, 5.41) is 13.8. The van der Waals surface area contributed by atoms with E-state index in [0.717, 1.165) is 36.9 Å². The fraction of sp³-hybridized carbons (Fsp3) is 0.500. The van der Waals surface area contributed by atoms with Crippen molar-refractivity contribution in [1.82, 2.24) is 0 Å². The van der Waals surface area contributed by atoms with E-state index in [1.807, 2.05) is 30.3 Å². The summed E-state index contributed by atoms with van der Waals surface area (Å²) in [4.78, 5) is 25.2. The molecule has 2 aliphatic carbocycles. The van der Waals surface area contributed by atoms with E-state index in [-0.39, 0.29) is 29.7 Å². The third kappa shape index (κ3) is 4.48. The van der Waals surface area contributed by atoms with E-state index in [1.54, 1.807) is 6.92 Å². The minimum atomic E-state index is -0.835. The number of anilines is 1. The van der Waals surface area contributed by atoms with Gasteiger partial charge in [0.2, 0.25) is 0 Å². The SMILES string of the molecule is COC(=O)C1(Nc2cccc(Cl)c2)CCC2(CC1)c1cc(C(C)=O)ccc1C[C@@H]2C[C@@H](C)CO. The summed E-state index contributed by atoms with van der Waals surface area (Å²) in [5.41, 5.74) is 3.10. The summed E-state index contributed by atoms with van der Waals surface area (Å²) in [6.45, 7) is 3.84. The normalized spacial score (nSPS) is 26.7. The molecule has 6 heteroatoms. The topological polar surface area (TPSA) is 75.6 Å². The first-order valence-electron chi connectivity index (χ1n) is 12.1. The molecule has 0 saturated heterocycles. The molecular weight excluding hydrogens is 450 g/mol. The molecule has 2 N–H and O–H groups in total. The zero-order chi connectivity index (χ0) is 24.5. The molecule has 0 aliphatic heterocycles. The molecule has 1 fully saturated rings. The fourth-order valence-electron chi connectivity index (χ4n) is 6.21. The highest BCUT2D eigenvalue weighted by molar-refractivity contribution is 6.30. The van der Waals surface area contributed by atoms with Crippen molar-refractivity contribution in [2.45, 2.75) is 63.3 Å². The monoisotopic (exact) mass is 483 g/mol. The summed E-state index contributed by atoms with van der Waals surface area (Å²) >= 11 is 6.19. The Morgan fingerprint density at radius 2 is 1.91 bits per heavy atom. The summed E-state index contributed by atoms with van der Waals surface area (Å²) < 4.78 is 5.26. The second-order valence-corrected chi connectivity index (χ2v) is 10.7. The van der Waals surface area contributed by atoms with E-state index in [0.29, 0.717) is 23.8 Å². The molecule has 4 rings (SSSR count). The first-order chi connectivity index (χ1) is 16.2. The summed E-state index contributed by atoms with van der Waals surface area (Å²) in [6.07, 6.45) is 4.66. The van der Waals surface area contributed by atoms with Gasteiger partial charge in [-0.2, -0.15) is 0 Å². The Morgan fingerprint density at radius 1 is 1.18 bits per heavy atom. The van der Waals surface area contributed by atoms with E-state index >= 15 is 0 Å². The van der Waals surface area contributed by atoms with Gasteiger partial charge in [0.15, 0.2) is 5.78 Å². The third-order valence-electron chi connectivity index (χ3n) is 8.08. The molecule has 0 bridgehead atoms. The van der Waals surface area contributed by atoms with Gasteiger partial charge in [0.1, 0.15) is 5.54 Å². The van der Waals surface area contributed by atoms with Crippen LogP contribution in [0.25, 0.3) is 0 Å². The van der Waals surface area contributed by atoms with Crippen LogP contribution in [0.4, 0.5) is 5.69 Å². The van der Waals surface area contributed by atoms with Crippen molar-refractivity contribution in [3.05, 3.63) is 64.2 Å². The zero-order valence-electron chi connectivity index (χ0n) is 20.2. The average molecular weight is 484 g/mol.